The van der Waals surface area contributed by atoms with Gasteiger partial charge in [-0.2, -0.15) is 0 Å². The van der Waals surface area contributed by atoms with E-state index < -0.39 is 12.0 Å². The molecule has 1 aliphatic carbocycles. The van der Waals surface area contributed by atoms with Crippen molar-refractivity contribution in [1.29, 1.82) is 0 Å². The van der Waals surface area contributed by atoms with E-state index in [0.717, 1.165) is 18.4 Å². The molecule has 0 bridgehead atoms. The third-order valence-corrected chi connectivity index (χ3v) is 2.14. The number of nitrogens with two attached hydrogens (primary N) is 1. The summed E-state index contributed by atoms with van der Waals surface area (Å²) in [6.45, 7) is 0. The largest absolute Gasteiger partial charge is 0.480 e. The van der Waals surface area contributed by atoms with Crippen LogP contribution in [0.5, 0.6) is 0 Å². The van der Waals surface area contributed by atoms with E-state index in [2.05, 4.69) is 0 Å². The molecule has 1 aliphatic rings. The third kappa shape index (κ3) is 2.66. The van der Waals surface area contributed by atoms with Gasteiger partial charge in [0.1, 0.15) is 6.04 Å². The molecule has 0 aromatic heterocycles. The zero-order chi connectivity index (χ0) is 9.84. The van der Waals surface area contributed by atoms with Crippen molar-refractivity contribution in [1.82, 2.24) is 0 Å². The quantitative estimate of drug-likeness (QED) is 0.623. The monoisotopic (exact) mass is 183 g/mol. The molecular weight excluding hydrogens is 170 g/mol. The molecule has 0 aromatic carbocycles. The lowest BCUT2D eigenvalue weighted by molar-refractivity contribution is -0.138. The molecule has 0 aromatic rings. The van der Waals surface area contributed by atoms with Gasteiger partial charge in [-0.1, -0.05) is 6.08 Å². The highest BCUT2D eigenvalue weighted by Crippen LogP contribution is 2.20. The molecule has 0 saturated heterocycles. The first-order valence-corrected chi connectivity index (χ1v) is 4.32. The summed E-state index contributed by atoms with van der Waals surface area (Å²) in [6.07, 6.45) is 4.15. The SMILES string of the molecule is NC(C/C=C1/CCCC1=O)C(=O)O. The van der Waals surface area contributed by atoms with Crippen LogP contribution in [0.2, 0.25) is 0 Å². The Morgan fingerprint density at radius 3 is 2.77 bits per heavy atom. The maximum absolute atomic E-state index is 11.1. The van der Waals surface area contributed by atoms with E-state index >= 15 is 0 Å². The van der Waals surface area contributed by atoms with Gasteiger partial charge in [0, 0.05) is 6.42 Å². The molecule has 0 spiro atoms. The smallest absolute Gasteiger partial charge is 0.320 e. The fourth-order valence-electron chi connectivity index (χ4n) is 1.33. The molecule has 4 nitrogen and oxygen atoms in total. The van der Waals surface area contributed by atoms with Gasteiger partial charge in [0.15, 0.2) is 5.78 Å². The van der Waals surface area contributed by atoms with Crippen molar-refractivity contribution < 1.29 is 14.7 Å². The number of hydrogen-bond acceptors (Lipinski definition) is 3. The van der Waals surface area contributed by atoms with E-state index in [-0.39, 0.29) is 12.2 Å². The number of aliphatic carboxylic acids is 1. The second kappa shape index (κ2) is 4.18. The first kappa shape index (κ1) is 9.92. The second-order valence-corrected chi connectivity index (χ2v) is 3.19. The molecule has 1 rings (SSSR count). The van der Waals surface area contributed by atoms with E-state index in [9.17, 15) is 9.59 Å². The summed E-state index contributed by atoms with van der Waals surface area (Å²) >= 11 is 0. The fourth-order valence-corrected chi connectivity index (χ4v) is 1.33. The number of carbonyl (C=O) groups is 2. The molecular formula is C9H13NO3. The van der Waals surface area contributed by atoms with Crippen molar-refractivity contribution >= 4 is 11.8 Å². The fraction of sp³-hybridized carbons (Fsp3) is 0.556. The molecule has 1 fully saturated rings. The number of allylic oxidation sites excluding steroid dienone is 1. The first-order chi connectivity index (χ1) is 6.11. The summed E-state index contributed by atoms with van der Waals surface area (Å²) in [5, 5.41) is 8.48. The van der Waals surface area contributed by atoms with Crippen molar-refractivity contribution in [3.05, 3.63) is 11.6 Å². The van der Waals surface area contributed by atoms with Crippen LogP contribution in [-0.4, -0.2) is 22.9 Å². The highest BCUT2D eigenvalue weighted by atomic mass is 16.4. The molecule has 0 aliphatic heterocycles. The lowest BCUT2D eigenvalue weighted by Crippen LogP contribution is -2.29. The van der Waals surface area contributed by atoms with Gasteiger partial charge in [0.05, 0.1) is 0 Å². The van der Waals surface area contributed by atoms with Crippen molar-refractivity contribution in [2.75, 3.05) is 0 Å². The predicted molar refractivity (Wildman–Crippen MR) is 47.2 cm³/mol. The highest BCUT2D eigenvalue weighted by molar-refractivity contribution is 5.97. The summed E-state index contributed by atoms with van der Waals surface area (Å²) in [5.41, 5.74) is 6.03. The lowest BCUT2D eigenvalue weighted by atomic mass is 10.1. The van der Waals surface area contributed by atoms with Gasteiger partial charge in [0.25, 0.3) is 0 Å². The normalized spacial score (nSPS) is 22.2. The molecule has 1 atom stereocenters. The van der Waals surface area contributed by atoms with Gasteiger partial charge >= 0.3 is 5.97 Å². The van der Waals surface area contributed by atoms with Crippen molar-refractivity contribution in [3.63, 3.8) is 0 Å². The average molecular weight is 183 g/mol. The number of Topliss-reactive ketones (excluding diaryl/α,β-unsaturated/α-hetero) is 1. The summed E-state index contributed by atoms with van der Waals surface area (Å²) in [5.74, 6) is -0.889. The van der Waals surface area contributed by atoms with Crippen LogP contribution in [-0.2, 0) is 9.59 Å². The zero-order valence-electron chi connectivity index (χ0n) is 7.32. The minimum absolute atomic E-state index is 0.137. The molecule has 0 heterocycles. The summed E-state index contributed by atoms with van der Waals surface area (Å²) in [6, 6.07) is -0.888. The van der Waals surface area contributed by atoms with Crippen molar-refractivity contribution in [2.24, 2.45) is 5.73 Å². The predicted octanol–water partition coefficient (Wildman–Crippen LogP) is 0.468. The minimum atomic E-state index is -1.03. The second-order valence-electron chi connectivity index (χ2n) is 3.19. The Morgan fingerprint density at radius 2 is 2.31 bits per heavy atom. The molecule has 1 saturated carbocycles. The van der Waals surface area contributed by atoms with Crippen molar-refractivity contribution in [3.8, 4) is 0 Å². The molecule has 13 heavy (non-hydrogen) atoms. The Morgan fingerprint density at radius 1 is 1.62 bits per heavy atom. The van der Waals surface area contributed by atoms with E-state index in [4.69, 9.17) is 10.8 Å². The highest BCUT2D eigenvalue weighted by Gasteiger charge is 2.17. The average Bonchev–Trinajstić information content (AvgIpc) is 2.47. The van der Waals surface area contributed by atoms with Gasteiger partial charge < -0.3 is 10.8 Å². The summed E-state index contributed by atoms with van der Waals surface area (Å²) in [7, 11) is 0. The minimum Gasteiger partial charge on any atom is -0.480 e. The standard InChI is InChI=1S/C9H13NO3/c10-7(9(12)13)5-4-6-2-1-3-8(6)11/h4,7H,1-3,5,10H2,(H,12,13)/b6-4-. The molecule has 1 unspecified atom stereocenters. The Hall–Kier alpha value is -1.16. The molecule has 4 heteroatoms. The van der Waals surface area contributed by atoms with Crippen LogP contribution in [0.25, 0.3) is 0 Å². The van der Waals surface area contributed by atoms with E-state index in [1.807, 2.05) is 0 Å². The van der Waals surface area contributed by atoms with E-state index in [0.29, 0.717) is 6.42 Å². The Bertz CT molecular complexity index is 258. The molecule has 3 N–H and O–H groups in total. The van der Waals surface area contributed by atoms with E-state index in [1.165, 1.54) is 0 Å². The van der Waals surface area contributed by atoms with Gasteiger partial charge in [-0.05, 0) is 24.8 Å². The topological polar surface area (TPSA) is 80.4 Å². The van der Waals surface area contributed by atoms with Gasteiger partial charge in [-0.3, -0.25) is 9.59 Å². The summed E-state index contributed by atoms with van der Waals surface area (Å²) in [4.78, 5) is 21.4. The van der Waals surface area contributed by atoms with Crippen LogP contribution < -0.4 is 5.73 Å². The number of hydrogen-bond donors (Lipinski definition) is 2. The van der Waals surface area contributed by atoms with Crippen LogP contribution >= 0.6 is 0 Å². The Labute approximate surface area is 76.4 Å². The van der Waals surface area contributed by atoms with Gasteiger partial charge in [-0.25, -0.2) is 0 Å². The molecule has 0 amide bonds. The number of rotatable bonds is 3. The van der Waals surface area contributed by atoms with Gasteiger partial charge in [0.2, 0.25) is 0 Å². The lowest BCUT2D eigenvalue weighted by Gasteiger charge is -2.01. The maximum atomic E-state index is 11.1. The van der Waals surface area contributed by atoms with Crippen LogP contribution in [0, 0.1) is 0 Å². The van der Waals surface area contributed by atoms with Crippen LogP contribution in [0.1, 0.15) is 25.7 Å². The number of carbonyl (C=O) groups excluding carboxylic acids is 1. The van der Waals surface area contributed by atoms with Gasteiger partial charge in [-0.15, -0.1) is 0 Å². The van der Waals surface area contributed by atoms with E-state index in [1.54, 1.807) is 6.08 Å². The summed E-state index contributed by atoms with van der Waals surface area (Å²) < 4.78 is 0. The Balaban J connectivity index is 2.47. The Kier molecular flexibility index (Phi) is 3.19. The number of carboxylic acids is 1. The zero-order valence-corrected chi connectivity index (χ0v) is 7.32. The third-order valence-electron chi connectivity index (χ3n) is 2.14. The van der Waals surface area contributed by atoms with Crippen LogP contribution in [0.15, 0.2) is 11.6 Å². The number of carboxylic acid groups (broad SMARTS) is 1. The number of ketones is 1. The van der Waals surface area contributed by atoms with Crippen molar-refractivity contribution in [2.45, 2.75) is 31.7 Å². The molecule has 0 radical (unpaired) electrons. The maximum Gasteiger partial charge on any atom is 0.320 e. The molecule has 72 valence electrons. The van der Waals surface area contributed by atoms with Crippen LogP contribution in [0.3, 0.4) is 0 Å². The first-order valence-electron chi connectivity index (χ1n) is 4.32. The van der Waals surface area contributed by atoms with Crippen LogP contribution in [0.4, 0.5) is 0 Å².